The van der Waals surface area contributed by atoms with Gasteiger partial charge in [0.15, 0.2) is 0 Å². The average Bonchev–Trinajstić information content (AvgIpc) is 2.12. The summed E-state index contributed by atoms with van der Waals surface area (Å²) in [5.41, 5.74) is 4.26. The van der Waals surface area contributed by atoms with E-state index in [9.17, 15) is 9.59 Å². The Hall–Kier alpha value is -0.900. The SMILES string of the molecule is CCCCC(N)(C(=O)O)C(C)C=O. The molecule has 2 atom stereocenters. The lowest BCUT2D eigenvalue weighted by atomic mass is 9.82. The summed E-state index contributed by atoms with van der Waals surface area (Å²) in [4.78, 5) is 21.3. The second kappa shape index (κ2) is 4.97. The highest BCUT2D eigenvalue weighted by atomic mass is 16.4. The van der Waals surface area contributed by atoms with E-state index in [0.717, 1.165) is 12.8 Å². The van der Waals surface area contributed by atoms with Crippen molar-refractivity contribution in [1.29, 1.82) is 0 Å². The maximum atomic E-state index is 10.8. The third-order valence-electron chi connectivity index (χ3n) is 2.36. The summed E-state index contributed by atoms with van der Waals surface area (Å²) >= 11 is 0. The number of nitrogens with two attached hydrogens (primary N) is 1. The molecule has 0 radical (unpaired) electrons. The van der Waals surface area contributed by atoms with Crippen LogP contribution in [0.2, 0.25) is 0 Å². The summed E-state index contributed by atoms with van der Waals surface area (Å²) in [7, 11) is 0. The van der Waals surface area contributed by atoms with Gasteiger partial charge in [0.25, 0.3) is 0 Å². The van der Waals surface area contributed by atoms with Crippen molar-refractivity contribution in [2.75, 3.05) is 0 Å². The molecule has 76 valence electrons. The number of carboxylic acid groups (broad SMARTS) is 1. The highest BCUT2D eigenvalue weighted by Crippen LogP contribution is 2.20. The fourth-order valence-electron chi connectivity index (χ4n) is 1.12. The second-order valence-corrected chi connectivity index (χ2v) is 3.37. The van der Waals surface area contributed by atoms with Crippen LogP contribution >= 0.6 is 0 Å². The van der Waals surface area contributed by atoms with Gasteiger partial charge in [0.2, 0.25) is 0 Å². The second-order valence-electron chi connectivity index (χ2n) is 3.37. The number of unbranched alkanes of at least 4 members (excludes halogenated alkanes) is 1. The van der Waals surface area contributed by atoms with Crippen LogP contribution in [0.25, 0.3) is 0 Å². The molecule has 0 fully saturated rings. The van der Waals surface area contributed by atoms with E-state index in [1.54, 1.807) is 0 Å². The van der Waals surface area contributed by atoms with E-state index in [2.05, 4.69) is 0 Å². The van der Waals surface area contributed by atoms with E-state index in [1.165, 1.54) is 6.92 Å². The standard InChI is InChI=1S/C9H17NO3/c1-3-4-5-9(10,8(12)13)7(2)6-11/h6-7H,3-5,10H2,1-2H3,(H,12,13). The van der Waals surface area contributed by atoms with Crippen LogP contribution in [0.4, 0.5) is 0 Å². The molecule has 0 aliphatic heterocycles. The first-order valence-corrected chi connectivity index (χ1v) is 4.46. The minimum Gasteiger partial charge on any atom is -0.480 e. The molecule has 0 aromatic heterocycles. The molecule has 2 unspecified atom stereocenters. The van der Waals surface area contributed by atoms with Gasteiger partial charge in [0.1, 0.15) is 11.8 Å². The minimum absolute atomic E-state index is 0.346. The lowest BCUT2D eigenvalue weighted by Gasteiger charge is -2.27. The number of carbonyl (C=O) groups excluding carboxylic acids is 1. The normalized spacial score (nSPS) is 17.5. The quantitative estimate of drug-likeness (QED) is 0.602. The molecule has 0 spiro atoms. The van der Waals surface area contributed by atoms with Crippen LogP contribution in [0.3, 0.4) is 0 Å². The van der Waals surface area contributed by atoms with Gasteiger partial charge in [-0.3, -0.25) is 4.79 Å². The molecule has 13 heavy (non-hydrogen) atoms. The zero-order valence-electron chi connectivity index (χ0n) is 8.12. The summed E-state index contributed by atoms with van der Waals surface area (Å²) in [6, 6.07) is 0. The Kier molecular flexibility index (Phi) is 4.62. The first kappa shape index (κ1) is 12.1. The van der Waals surface area contributed by atoms with E-state index < -0.39 is 17.4 Å². The molecule has 0 heterocycles. The van der Waals surface area contributed by atoms with Crippen LogP contribution in [0.1, 0.15) is 33.1 Å². The Morgan fingerprint density at radius 2 is 2.23 bits per heavy atom. The van der Waals surface area contributed by atoms with Crippen molar-refractivity contribution in [2.24, 2.45) is 11.7 Å². The van der Waals surface area contributed by atoms with Crippen LogP contribution in [0.15, 0.2) is 0 Å². The van der Waals surface area contributed by atoms with Crippen molar-refractivity contribution >= 4 is 12.3 Å². The van der Waals surface area contributed by atoms with Crippen LogP contribution < -0.4 is 5.73 Å². The van der Waals surface area contributed by atoms with Crippen molar-refractivity contribution in [3.63, 3.8) is 0 Å². The summed E-state index contributed by atoms with van der Waals surface area (Å²) in [5.74, 6) is -1.74. The van der Waals surface area contributed by atoms with Gasteiger partial charge in [-0.25, -0.2) is 0 Å². The maximum Gasteiger partial charge on any atom is 0.324 e. The van der Waals surface area contributed by atoms with Crippen LogP contribution in [0.5, 0.6) is 0 Å². The van der Waals surface area contributed by atoms with Gasteiger partial charge in [0.05, 0.1) is 0 Å². The van der Waals surface area contributed by atoms with Gasteiger partial charge in [-0.1, -0.05) is 26.7 Å². The number of aliphatic carboxylic acids is 1. The number of hydrogen-bond donors (Lipinski definition) is 2. The van der Waals surface area contributed by atoms with Crippen molar-refractivity contribution < 1.29 is 14.7 Å². The number of carboxylic acids is 1. The van der Waals surface area contributed by atoms with Gasteiger partial charge in [-0.2, -0.15) is 0 Å². The van der Waals surface area contributed by atoms with Crippen LogP contribution in [0, 0.1) is 5.92 Å². The molecule has 0 bridgehead atoms. The lowest BCUT2D eigenvalue weighted by molar-refractivity contribution is -0.147. The zero-order valence-corrected chi connectivity index (χ0v) is 8.12. The van der Waals surface area contributed by atoms with Crippen LogP contribution in [-0.2, 0) is 9.59 Å². The van der Waals surface area contributed by atoms with Crippen molar-refractivity contribution in [3.8, 4) is 0 Å². The molecular formula is C9H17NO3. The Balaban J connectivity index is 4.51. The number of rotatable bonds is 6. The Morgan fingerprint density at radius 1 is 1.69 bits per heavy atom. The van der Waals surface area contributed by atoms with Gasteiger partial charge in [0, 0.05) is 5.92 Å². The molecule has 0 amide bonds. The molecule has 0 saturated carbocycles. The molecule has 0 aliphatic rings. The third-order valence-corrected chi connectivity index (χ3v) is 2.36. The van der Waals surface area contributed by atoms with Crippen molar-refractivity contribution in [1.82, 2.24) is 0 Å². The van der Waals surface area contributed by atoms with Gasteiger partial charge in [-0.05, 0) is 6.42 Å². The first-order chi connectivity index (χ1) is 5.99. The number of hydrogen-bond acceptors (Lipinski definition) is 3. The Labute approximate surface area is 78.1 Å². The van der Waals surface area contributed by atoms with E-state index in [1.807, 2.05) is 6.92 Å². The highest BCUT2D eigenvalue weighted by Gasteiger charge is 2.38. The van der Waals surface area contributed by atoms with Gasteiger partial charge >= 0.3 is 5.97 Å². The topological polar surface area (TPSA) is 80.4 Å². The molecule has 4 nitrogen and oxygen atoms in total. The zero-order chi connectivity index (χ0) is 10.5. The summed E-state index contributed by atoms with van der Waals surface area (Å²) in [5, 5.41) is 8.88. The molecule has 0 aliphatic carbocycles. The summed E-state index contributed by atoms with van der Waals surface area (Å²) < 4.78 is 0. The third kappa shape index (κ3) is 2.81. The largest absolute Gasteiger partial charge is 0.480 e. The smallest absolute Gasteiger partial charge is 0.324 e. The van der Waals surface area contributed by atoms with Gasteiger partial charge in [-0.15, -0.1) is 0 Å². The summed E-state index contributed by atoms with van der Waals surface area (Å²) in [6.45, 7) is 3.49. The predicted molar refractivity (Wildman–Crippen MR) is 49.3 cm³/mol. The van der Waals surface area contributed by atoms with E-state index in [-0.39, 0.29) is 0 Å². The molecule has 0 saturated heterocycles. The predicted octanol–water partition coefficient (Wildman–Crippen LogP) is 0.794. The van der Waals surface area contributed by atoms with Gasteiger partial charge < -0.3 is 15.6 Å². The van der Waals surface area contributed by atoms with Crippen LogP contribution in [-0.4, -0.2) is 22.9 Å². The maximum absolute atomic E-state index is 10.8. The molecule has 3 N–H and O–H groups in total. The fraction of sp³-hybridized carbons (Fsp3) is 0.778. The molecule has 0 aromatic carbocycles. The highest BCUT2D eigenvalue weighted by molar-refractivity contribution is 5.82. The monoisotopic (exact) mass is 187 g/mol. The van der Waals surface area contributed by atoms with Crippen molar-refractivity contribution in [2.45, 2.75) is 38.6 Å². The average molecular weight is 187 g/mol. The van der Waals surface area contributed by atoms with Crippen molar-refractivity contribution in [3.05, 3.63) is 0 Å². The number of aldehydes is 1. The van der Waals surface area contributed by atoms with E-state index in [4.69, 9.17) is 10.8 Å². The molecule has 4 heteroatoms. The van der Waals surface area contributed by atoms with E-state index >= 15 is 0 Å². The Morgan fingerprint density at radius 3 is 2.54 bits per heavy atom. The summed E-state index contributed by atoms with van der Waals surface area (Å²) in [6.07, 6.45) is 2.54. The van der Waals surface area contributed by atoms with E-state index in [0.29, 0.717) is 12.7 Å². The molecule has 0 rings (SSSR count). The molecule has 0 aromatic rings. The fourth-order valence-corrected chi connectivity index (χ4v) is 1.12. The minimum atomic E-state index is -1.39. The first-order valence-electron chi connectivity index (χ1n) is 4.46. The number of carbonyl (C=O) groups is 2. The molecular weight excluding hydrogens is 170 g/mol. The lowest BCUT2D eigenvalue weighted by Crippen LogP contribution is -2.53. The Bertz CT molecular complexity index is 193.